The van der Waals surface area contributed by atoms with Gasteiger partial charge in [-0.3, -0.25) is 0 Å². The summed E-state index contributed by atoms with van der Waals surface area (Å²) in [5, 5.41) is 6.56. The van der Waals surface area contributed by atoms with E-state index in [4.69, 9.17) is 12.2 Å². The molecular weight excluding hydrogens is 304 g/mol. The van der Waals surface area contributed by atoms with Crippen LogP contribution in [0, 0.1) is 0 Å². The highest BCUT2D eigenvalue weighted by molar-refractivity contribution is 7.90. The van der Waals surface area contributed by atoms with Crippen molar-refractivity contribution in [2.75, 3.05) is 18.6 Å². The Hall–Kier alpha value is -1.11. The number of aldehydes is 1. The van der Waals surface area contributed by atoms with Crippen LogP contribution < -0.4 is 10.6 Å². The van der Waals surface area contributed by atoms with E-state index in [1.165, 1.54) is 0 Å². The molecule has 2 unspecified atom stereocenters. The molecule has 1 aromatic carbocycles. The lowest BCUT2D eigenvalue weighted by atomic mass is 10.1. The summed E-state index contributed by atoms with van der Waals surface area (Å²) in [7, 11) is 0. The molecule has 0 heterocycles. The van der Waals surface area contributed by atoms with Crippen LogP contribution in [-0.4, -0.2) is 40.5 Å². The number of carbonyl (C=O) groups excluding carboxylic acids is 1. The van der Waals surface area contributed by atoms with Gasteiger partial charge in [-0.25, -0.2) is 0 Å². The van der Waals surface area contributed by atoms with E-state index in [0.717, 1.165) is 31.2 Å². The molecule has 0 spiro atoms. The van der Waals surface area contributed by atoms with Crippen molar-refractivity contribution in [2.45, 2.75) is 25.3 Å². The predicted octanol–water partition coefficient (Wildman–Crippen LogP) is 1.42. The molecule has 21 heavy (non-hydrogen) atoms. The van der Waals surface area contributed by atoms with Gasteiger partial charge in [-0.15, -0.1) is 0 Å². The summed E-state index contributed by atoms with van der Waals surface area (Å²) in [4.78, 5) is 11.1. The molecule has 0 bridgehead atoms. The molecule has 0 radical (unpaired) electrons. The minimum absolute atomic E-state index is 0.324. The van der Waals surface area contributed by atoms with Gasteiger partial charge in [0.25, 0.3) is 0 Å². The SMILES string of the molecule is C[S+]([O-])CCCCNC(=S)NC(C=O)Cc1ccccc1. The minimum Gasteiger partial charge on any atom is -0.617 e. The van der Waals surface area contributed by atoms with Crippen LogP contribution in [0.15, 0.2) is 30.3 Å². The fraction of sp³-hybridized carbons (Fsp3) is 0.467. The van der Waals surface area contributed by atoms with Crippen LogP contribution in [0.5, 0.6) is 0 Å². The van der Waals surface area contributed by atoms with Crippen molar-refractivity contribution in [3.8, 4) is 0 Å². The highest BCUT2D eigenvalue weighted by Gasteiger charge is 2.09. The second-order valence-corrected chi connectivity index (χ2v) is 6.78. The van der Waals surface area contributed by atoms with Crippen molar-refractivity contribution in [3.05, 3.63) is 35.9 Å². The maximum atomic E-state index is 11.1. The fourth-order valence-electron chi connectivity index (χ4n) is 1.85. The van der Waals surface area contributed by atoms with Crippen molar-refractivity contribution in [2.24, 2.45) is 0 Å². The Balaban J connectivity index is 2.23. The lowest BCUT2D eigenvalue weighted by Gasteiger charge is -2.16. The zero-order valence-corrected chi connectivity index (χ0v) is 13.8. The number of unbranched alkanes of at least 4 members (excludes halogenated alkanes) is 1. The van der Waals surface area contributed by atoms with E-state index in [9.17, 15) is 9.35 Å². The topological polar surface area (TPSA) is 64.2 Å². The summed E-state index contributed by atoms with van der Waals surface area (Å²) in [5.41, 5.74) is 1.09. The standard InChI is InChI=1S/C15H22N2O2S2/c1-21(19)10-6-5-9-16-15(20)17-14(12-18)11-13-7-3-2-4-8-13/h2-4,7-8,12,14H,5-6,9-11H2,1H3,(H2,16,17,20). The van der Waals surface area contributed by atoms with Crippen LogP contribution in [-0.2, 0) is 22.4 Å². The highest BCUT2D eigenvalue weighted by Crippen LogP contribution is 2.02. The normalized spacial score (nSPS) is 13.2. The van der Waals surface area contributed by atoms with Crippen molar-refractivity contribution in [1.82, 2.24) is 10.6 Å². The maximum absolute atomic E-state index is 11.1. The molecule has 0 aromatic heterocycles. The molecule has 0 saturated carbocycles. The molecule has 116 valence electrons. The summed E-state index contributed by atoms with van der Waals surface area (Å²) >= 11 is 4.44. The molecule has 2 N–H and O–H groups in total. The molecule has 0 aliphatic carbocycles. The van der Waals surface area contributed by atoms with Crippen molar-refractivity contribution in [1.29, 1.82) is 0 Å². The van der Waals surface area contributed by atoms with Gasteiger partial charge in [0, 0.05) is 6.54 Å². The number of carbonyl (C=O) groups is 1. The number of hydrogen-bond donors (Lipinski definition) is 2. The van der Waals surface area contributed by atoms with E-state index >= 15 is 0 Å². The summed E-state index contributed by atoms with van der Waals surface area (Å²) in [6.45, 7) is 0.722. The fourth-order valence-corrected chi connectivity index (χ4v) is 2.72. The third kappa shape index (κ3) is 8.70. The van der Waals surface area contributed by atoms with Crippen molar-refractivity contribution >= 4 is 34.8 Å². The van der Waals surface area contributed by atoms with Crippen LogP contribution in [0.2, 0.25) is 0 Å². The van der Waals surface area contributed by atoms with Gasteiger partial charge in [0.15, 0.2) is 5.11 Å². The largest absolute Gasteiger partial charge is 0.617 e. The van der Waals surface area contributed by atoms with E-state index in [2.05, 4.69) is 10.6 Å². The Labute approximate surface area is 134 Å². The second-order valence-electron chi connectivity index (χ2n) is 4.82. The first-order chi connectivity index (χ1) is 10.1. The first-order valence-corrected chi connectivity index (χ1v) is 9.09. The number of nitrogens with one attached hydrogen (secondary N) is 2. The van der Waals surface area contributed by atoms with Gasteiger partial charge in [0.05, 0.1) is 12.3 Å². The average Bonchev–Trinajstić information content (AvgIpc) is 2.47. The molecule has 2 atom stereocenters. The van der Waals surface area contributed by atoms with Gasteiger partial charge >= 0.3 is 0 Å². The van der Waals surface area contributed by atoms with E-state index < -0.39 is 11.2 Å². The van der Waals surface area contributed by atoms with E-state index in [1.807, 2.05) is 30.3 Å². The lowest BCUT2D eigenvalue weighted by molar-refractivity contribution is -0.109. The monoisotopic (exact) mass is 326 g/mol. The average molecular weight is 326 g/mol. The molecule has 0 aliphatic rings. The van der Waals surface area contributed by atoms with E-state index in [0.29, 0.717) is 17.3 Å². The zero-order valence-electron chi connectivity index (χ0n) is 12.2. The Bertz CT molecular complexity index is 427. The third-order valence-electron chi connectivity index (χ3n) is 2.92. The summed E-state index contributed by atoms with van der Waals surface area (Å²) in [5.74, 6) is 0.715. The number of benzene rings is 1. The second kappa shape index (κ2) is 10.6. The van der Waals surface area contributed by atoms with Crippen LogP contribution in [0.4, 0.5) is 0 Å². The molecule has 0 fully saturated rings. The van der Waals surface area contributed by atoms with Crippen molar-refractivity contribution in [3.63, 3.8) is 0 Å². The smallest absolute Gasteiger partial charge is 0.166 e. The Morgan fingerprint density at radius 3 is 2.71 bits per heavy atom. The van der Waals surface area contributed by atoms with Gasteiger partial charge in [0.2, 0.25) is 0 Å². The van der Waals surface area contributed by atoms with Gasteiger partial charge in [-0.2, -0.15) is 0 Å². The lowest BCUT2D eigenvalue weighted by Crippen LogP contribution is -2.44. The van der Waals surface area contributed by atoms with Crippen molar-refractivity contribution < 1.29 is 9.35 Å². The minimum atomic E-state index is -0.735. The quantitative estimate of drug-likeness (QED) is 0.311. The molecular formula is C15H22N2O2S2. The number of hydrogen-bond acceptors (Lipinski definition) is 3. The van der Waals surface area contributed by atoms with E-state index in [1.54, 1.807) is 6.26 Å². The molecule has 1 rings (SSSR count). The molecule has 1 aromatic rings. The first-order valence-electron chi connectivity index (χ1n) is 6.95. The summed E-state index contributed by atoms with van der Waals surface area (Å²) in [6.07, 6.45) is 5.01. The predicted molar refractivity (Wildman–Crippen MR) is 91.9 cm³/mol. The Kier molecular flexibility index (Phi) is 9.05. The summed E-state index contributed by atoms with van der Waals surface area (Å²) < 4.78 is 10.9. The van der Waals surface area contributed by atoms with Gasteiger partial charge in [-0.1, -0.05) is 41.5 Å². The van der Waals surface area contributed by atoms with Gasteiger partial charge < -0.3 is 20.0 Å². The van der Waals surface area contributed by atoms with E-state index in [-0.39, 0.29) is 6.04 Å². The molecule has 0 amide bonds. The number of thiocarbonyl (C=S) groups is 1. The Morgan fingerprint density at radius 1 is 1.38 bits per heavy atom. The van der Waals surface area contributed by atoms with Crippen LogP contribution in [0.1, 0.15) is 18.4 Å². The maximum Gasteiger partial charge on any atom is 0.166 e. The third-order valence-corrected chi connectivity index (χ3v) is 4.05. The summed E-state index contributed by atoms with van der Waals surface area (Å²) in [6, 6.07) is 9.49. The number of rotatable bonds is 9. The Morgan fingerprint density at radius 2 is 2.10 bits per heavy atom. The zero-order chi connectivity index (χ0) is 15.5. The van der Waals surface area contributed by atoms with Gasteiger partial charge in [-0.05, 0) is 37.0 Å². The van der Waals surface area contributed by atoms with Gasteiger partial charge in [0.1, 0.15) is 12.0 Å². The highest BCUT2D eigenvalue weighted by atomic mass is 32.2. The molecule has 0 saturated heterocycles. The first kappa shape index (κ1) is 17.9. The molecule has 0 aliphatic heterocycles. The van der Waals surface area contributed by atoms with Crippen LogP contribution >= 0.6 is 12.2 Å². The molecule has 4 nitrogen and oxygen atoms in total. The van der Waals surface area contributed by atoms with Crippen LogP contribution in [0.3, 0.4) is 0 Å². The molecule has 6 heteroatoms. The van der Waals surface area contributed by atoms with Crippen LogP contribution in [0.25, 0.3) is 0 Å².